The van der Waals surface area contributed by atoms with Gasteiger partial charge < -0.3 is 5.73 Å². The van der Waals surface area contributed by atoms with Crippen LogP contribution in [0.25, 0.3) is 0 Å². The number of nitrogen functional groups attached to an aromatic ring is 1. The van der Waals surface area contributed by atoms with Crippen molar-refractivity contribution in [3.05, 3.63) is 34.1 Å². The van der Waals surface area contributed by atoms with Crippen LogP contribution >= 0.6 is 15.9 Å². The minimum absolute atomic E-state index is 0.111. The van der Waals surface area contributed by atoms with Crippen molar-refractivity contribution in [1.82, 2.24) is 4.72 Å². The molecule has 0 aliphatic carbocycles. The van der Waals surface area contributed by atoms with Crippen molar-refractivity contribution in [2.75, 3.05) is 12.3 Å². The summed E-state index contributed by atoms with van der Waals surface area (Å²) in [5, 5.41) is 0. The van der Waals surface area contributed by atoms with Crippen LogP contribution in [0.15, 0.2) is 33.2 Å². The summed E-state index contributed by atoms with van der Waals surface area (Å²) in [4.78, 5) is -0.453. The molecule has 0 aromatic heterocycles. The molecule has 0 radical (unpaired) electrons. The molecule has 0 heterocycles. The molecule has 1 aromatic carbocycles. The number of nitrogens with two attached hydrogens (primary N) is 1. The number of nitrogens with one attached hydrogen (secondary N) is 1. The number of anilines is 1. The molecule has 7 heteroatoms. The first kappa shape index (κ1) is 15.1. The van der Waals surface area contributed by atoms with Crippen molar-refractivity contribution in [3.8, 4) is 0 Å². The zero-order valence-corrected chi connectivity index (χ0v) is 12.4. The first-order chi connectivity index (χ1) is 8.24. The molecule has 0 bridgehead atoms. The van der Waals surface area contributed by atoms with Crippen LogP contribution < -0.4 is 10.5 Å². The second-order valence-electron chi connectivity index (χ2n) is 3.94. The zero-order valence-electron chi connectivity index (χ0n) is 10.00. The smallest absolute Gasteiger partial charge is 0.243 e. The number of sulfonamides is 1. The van der Waals surface area contributed by atoms with E-state index in [2.05, 4.69) is 20.7 Å². The summed E-state index contributed by atoms with van der Waals surface area (Å²) >= 11 is 3.03. The van der Waals surface area contributed by atoms with Gasteiger partial charge in [-0.3, -0.25) is 0 Å². The summed E-state index contributed by atoms with van der Waals surface area (Å²) in [7, 11) is -3.90. The summed E-state index contributed by atoms with van der Waals surface area (Å²) in [5.41, 5.74) is 6.68. The molecule has 0 aliphatic heterocycles. The third-order valence-corrected chi connectivity index (χ3v) is 4.25. The average Bonchev–Trinajstić information content (AvgIpc) is 2.22. The topological polar surface area (TPSA) is 72.2 Å². The Balaban J connectivity index is 3.06. The Kier molecular flexibility index (Phi) is 4.89. The van der Waals surface area contributed by atoms with Gasteiger partial charge in [0.2, 0.25) is 10.0 Å². The highest BCUT2D eigenvalue weighted by Gasteiger charge is 2.19. The lowest BCUT2D eigenvalue weighted by molar-refractivity contribution is 0.559. The van der Waals surface area contributed by atoms with Crippen LogP contribution in [0.3, 0.4) is 0 Å². The fourth-order valence-electron chi connectivity index (χ4n) is 1.18. The van der Waals surface area contributed by atoms with E-state index >= 15 is 0 Å². The highest BCUT2D eigenvalue weighted by Crippen LogP contribution is 2.25. The fourth-order valence-corrected chi connectivity index (χ4v) is 2.56. The molecule has 1 aromatic rings. The van der Waals surface area contributed by atoms with E-state index in [0.717, 1.165) is 17.7 Å². The van der Waals surface area contributed by atoms with Crippen LogP contribution in [-0.4, -0.2) is 15.0 Å². The van der Waals surface area contributed by atoms with E-state index in [4.69, 9.17) is 5.73 Å². The monoisotopic (exact) mass is 336 g/mol. The molecule has 0 saturated carbocycles. The van der Waals surface area contributed by atoms with Crippen molar-refractivity contribution in [2.45, 2.75) is 18.7 Å². The molecular formula is C11H14BrFN2O2S. The summed E-state index contributed by atoms with van der Waals surface area (Å²) < 4.78 is 39.9. The average molecular weight is 337 g/mol. The highest BCUT2D eigenvalue weighted by atomic mass is 79.9. The number of halogens is 2. The number of rotatable bonds is 4. The van der Waals surface area contributed by atoms with E-state index in [1.807, 2.05) is 13.8 Å². The van der Waals surface area contributed by atoms with Crippen LogP contribution in [0, 0.1) is 5.82 Å². The Hall–Kier alpha value is -0.920. The standard InChI is InChI=1S/C11H14BrFN2O2S/c1-7(2)3-4-15-18(16,17)11-6-10(14)8(12)5-9(11)13/h3,5-6,15H,4,14H2,1-2H3. The molecular weight excluding hydrogens is 323 g/mol. The quantitative estimate of drug-likeness (QED) is 0.655. The van der Waals surface area contributed by atoms with Crippen LogP contribution in [0.5, 0.6) is 0 Å². The van der Waals surface area contributed by atoms with Gasteiger partial charge in [0.15, 0.2) is 0 Å². The lowest BCUT2D eigenvalue weighted by atomic mass is 10.3. The van der Waals surface area contributed by atoms with Gasteiger partial charge in [-0.05, 0) is 41.9 Å². The van der Waals surface area contributed by atoms with Gasteiger partial charge in [0, 0.05) is 16.7 Å². The minimum atomic E-state index is -3.90. The molecule has 1 rings (SSSR count). The van der Waals surface area contributed by atoms with Crippen molar-refractivity contribution in [3.63, 3.8) is 0 Å². The van der Waals surface area contributed by atoms with E-state index in [1.165, 1.54) is 0 Å². The van der Waals surface area contributed by atoms with E-state index in [9.17, 15) is 12.8 Å². The Labute approximate surface area is 114 Å². The van der Waals surface area contributed by atoms with Gasteiger partial charge in [-0.1, -0.05) is 11.6 Å². The molecule has 100 valence electrons. The molecule has 0 fully saturated rings. The summed E-state index contributed by atoms with van der Waals surface area (Å²) in [5.74, 6) is -0.847. The molecule has 3 N–H and O–H groups in total. The number of hydrogen-bond donors (Lipinski definition) is 2. The van der Waals surface area contributed by atoms with Crippen molar-refractivity contribution < 1.29 is 12.8 Å². The van der Waals surface area contributed by atoms with Crippen LogP contribution in [0.1, 0.15) is 13.8 Å². The van der Waals surface area contributed by atoms with E-state index in [0.29, 0.717) is 4.47 Å². The van der Waals surface area contributed by atoms with Crippen molar-refractivity contribution >= 4 is 31.6 Å². The van der Waals surface area contributed by atoms with Gasteiger partial charge in [0.25, 0.3) is 0 Å². The van der Waals surface area contributed by atoms with Gasteiger partial charge in [0.05, 0.1) is 0 Å². The van der Waals surface area contributed by atoms with Crippen LogP contribution in [0.4, 0.5) is 10.1 Å². The predicted octanol–water partition coefficient (Wildman–Crippen LogP) is 2.41. The molecule has 18 heavy (non-hydrogen) atoms. The molecule has 0 aliphatic rings. The fraction of sp³-hybridized carbons (Fsp3) is 0.273. The van der Waals surface area contributed by atoms with Crippen molar-refractivity contribution in [1.29, 1.82) is 0 Å². The van der Waals surface area contributed by atoms with E-state index in [1.54, 1.807) is 6.08 Å². The molecule has 0 saturated heterocycles. The second kappa shape index (κ2) is 5.81. The largest absolute Gasteiger partial charge is 0.398 e. The molecule has 0 unspecified atom stereocenters. The summed E-state index contributed by atoms with van der Waals surface area (Å²) in [6, 6.07) is 2.12. The molecule has 4 nitrogen and oxygen atoms in total. The lowest BCUT2D eigenvalue weighted by Gasteiger charge is -2.08. The Morgan fingerprint density at radius 2 is 2.11 bits per heavy atom. The van der Waals surface area contributed by atoms with Crippen molar-refractivity contribution in [2.24, 2.45) is 0 Å². The third-order valence-electron chi connectivity index (χ3n) is 2.12. The number of allylic oxidation sites excluding steroid dienone is 1. The minimum Gasteiger partial charge on any atom is -0.398 e. The maximum atomic E-state index is 13.6. The second-order valence-corrected chi connectivity index (χ2v) is 6.53. The third kappa shape index (κ3) is 3.79. The molecule has 0 amide bonds. The van der Waals surface area contributed by atoms with Gasteiger partial charge in [-0.15, -0.1) is 0 Å². The summed E-state index contributed by atoms with van der Waals surface area (Å²) in [6.07, 6.45) is 1.69. The van der Waals surface area contributed by atoms with Gasteiger partial charge in [-0.25, -0.2) is 17.5 Å². The van der Waals surface area contributed by atoms with E-state index in [-0.39, 0.29) is 12.2 Å². The van der Waals surface area contributed by atoms with E-state index < -0.39 is 20.7 Å². The Morgan fingerprint density at radius 1 is 1.50 bits per heavy atom. The van der Waals surface area contributed by atoms with Gasteiger partial charge >= 0.3 is 0 Å². The van der Waals surface area contributed by atoms with Gasteiger partial charge in [0.1, 0.15) is 10.7 Å². The van der Waals surface area contributed by atoms with Gasteiger partial charge in [-0.2, -0.15) is 0 Å². The molecule has 0 spiro atoms. The summed E-state index contributed by atoms with van der Waals surface area (Å²) in [6.45, 7) is 3.79. The normalized spacial score (nSPS) is 11.3. The Morgan fingerprint density at radius 3 is 2.67 bits per heavy atom. The molecule has 0 atom stereocenters. The maximum absolute atomic E-state index is 13.6. The lowest BCUT2D eigenvalue weighted by Crippen LogP contribution is -2.25. The van der Waals surface area contributed by atoms with Crippen LogP contribution in [-0.2, 0) is 10.0 Å². The maximum Gasteiger partial charge on any atom is 0.243 e. The predicted molar refractivity (Wildman–Crippen MR) is 73.1 cm³/mol. The Bertz CT molecular complexity index is 581. The first-order valence-corrected chi connectivity index (χ1v) is 7.39. The SMILES string of the molecule is CC(C)=CCNS(=O)(=O)c1cc(N)c(Br)cc1F. The highest BCUT2D eigenvalue weighted by molar-refractivity contribution is 9.10. The number of hydrogen-bond acceptors (Lipinski definition) is 3. The zero-order chi connectivity index (χ0) is 13.9. The van der Waals surface area contributed by atoms with Crippen LogP contribution in [0.2, 0.25) is 0 Å². The first-order valence-electron chi connectivity index (χ1n) is 5.11. The number of benzene rings is 1.